The van der Waals surface area contributed by atoms with E-state index < -0.39 is 0 Å². The molecule has 0 bridgehead atoms. The Kier molecular flexibility index (Phi) is 3.47. The molecule has 1 N–H and O–H groups in total. The van der Waals surface area contributed by atoms with Crippen LogP contribution in [-0.4, -0.2) is 10.9 Å². The van der Waals surface area contributed by atoms with Gasteiger partial charge in [0.2, 0.25) is 0 Å². The van der Waals surface area contributed by atoms with Crippen molar-refractivity contribution < 1.29 is 9.62 Å². The average molecular weight is 231 g/mol. The first-order valence-electron chi connectivity index (χ1n) is 5.96. The van der Waals surface area contributed by atoms with Gasteiger partial charge in [0.05, 0.1) is 5.71 Å². The molecule has 0 aliphatic rings. The summed E-state index contributed by atoms with van der Waals surface area (Å²) in [5, 5.41) is 13.0. The number of aryl methyl sites for hydroxylation is 1. The number of hydrogen-bond acceptors (Lipinski definition) is 3. The first-order chi connectivity index (χ1) is 8.24. The number of furan rings is 1. The summed E-state index contributed by atoms with van der Waals surface area (Å²) in [7, 11) is 0. The minimum atomic E-state index is 0.614. The summed E-state index contributed by atoms with van der Waals surface area (Å²) in [6.45, 7) is 3.95. The van der Waals surface area contributed by atoms with Crippen molar-refractivity contribution in [3.63, 3.8) is 0 Å². The van der Waals surface area contributed by atoms with Crippen LogP contribution in [-0.2, 0) is 6.42 Å². The second kappa shape index (κ2) is 5.04. The van der Waals surface area contributed by atoms with Crippen molar-refractivity contribution in [1.82, 2.24) is 0 Å². The molecule has 0 saturated heterocycles. The molecule has 0 spiro atoms. The van der Waals surface area contributed by atoms with Crippen LogP contribution in [0.15, 0.2) is 33.8 Å². The van der Waals surface area contributed by atoms with Crippen LogP contribution in [0.5, 0.6) is 0 Å². The molecule has 0 fully saturated rings. The van der Waals surface area contributed by atoms with Gasteiger partial charge < -0.3 is 9.62 Å². The monoisotopic (exact) mass is 231 g/mol. The maximum Gasteiger partial charge on any atom is 0.134 e. The van der Waals surface area contributed by atoms with Gasteiger partial charge in [-0.25, -0.2) is 0 Å². The Morgan fingerprint density at radius 2 is 2.18 bits per heavy atom. The molecule has 2 aromatic rings. The van der Waals surface area contributed by atoms with E-state index in [1.54, 1.807) is 6.92 Å². The average Bonchev–Trinajstić information content (AvgIpc) is 2.76. The Labute approximate surface area is 101 Å². The molecular weight excluding hydrogens is 214 g/mol. The highest BCUT2D eigenvalue weighted by Gasteiger charge is 2.05. The molecule has 0 atom stereocenters. The molecule has 0 unspecified atom stereocenters. The fraction of sp³-hybridized carbons (Fsp3) is 0.357. The smallest absolute Gasteiger partial charge is 0.134 e. The summed E-state index contributed by atoms with van der Waals surface area (Å²) < 4.78 is 5.74. The van der Waals surface area contributed by atoms with Crippen LogP contribution in [0.3, 0.4) is 0 Å². The number of rotatable bonds is 4. The molecule has 2 rings (SSSR count). The van der Waals surface area contributed by atoms with Crippen LogP contribution in [0, 0.1) is 0 Å². The van der Waals surface area contributed by atoms with Gasteiger partial charge in [-0.05, 0) is 43.2 Å². The largest absolute Gasteiger partial charge is 0.461 e. The van der Waals surface area contributed by atoms with Crippen molar-refractivity contribution in [2.24, 2.45) is 5.16 Å². The van der Waals surface area contributed by atoms with Crippen LogP contribution in [0.25, 0.3) is 11.0 Å². The van der Waals surface area contributed by atoms with Gasteiger partial charge in [-0.1, -0.05) is 18.5 Å². The van der Waals surface area contributed by atoms with Crippen LogP contribution in [0.4, 0.5) is 0 Å². The Hall–Kier alpha value is -1.77. The predicted molar refractivity (Wildman–Crippen MR) is 68.8 cm³/mol. The molecule has 1 heterocycles. The first kappa shape index (κ1) is 11.7. The van der Waals surface area contributed by atoms with E-state index in [9.17, 15) is 0 Å². The van der Waals surface area contributed by atoms with Gasteiger partial charge in [-0.15, -0.1) is 0 Å². The molecular formula is C14H17NO2. The summed E-state index contributed by atoms with van der Waals surface area (Å²) in [6, 6.07) is 7.89. The van der Waals surface area contributed by atoms with Crippen LogP contribution < -0.4 is 0 Å². The summed E-state index contributed by atoms with van der Waals surface area (Å²) in [4.78, 5) is 0. The molecule has 0 aliphatic carbocycles. The van der Waals surface area contributed by atoms with Gasteiger partial charge in [0.15, 0.2) is 0 Å². The van der Waals surface area contributed by atoms with E-state index >= 15 is 0 Å². The minimum Gasteiger partial charge on any atom is -0.461 e. The summed E-state index contributed by atoms with van der Waals surface area (Å²) in [5.74, 6) is 1.03. The molecule has 0 saturated carbocycles. The topological polar surface area (TPSA) is 45.7 Å². The summed E-state index contributed by atoms with van der Waals surface area (Å²) >= 11 is 0. The molecule has 0 aliphatic heterocycles. The normalized spacial score (nSPS) is 12.2. The minimum absolute atomic E-state index is 0.614. The highest BCUT2D eigenvalue weighted by atomic mass is 16.4. The molecule has 90 valence electrons. The third kappa shape index (κ3) is 2.49. The maximum absolute atomic E-state index is 8.75. The van der Waals surface area contributed by atoms with Gasteiger partial charge in [0.1, 0.15) is 11.3 Å². The molecule has 17 heavy (non-hydrogen) atoms. The van der Waals surface area contributed by atoms with Gasteiger partial charge in [-0.2, -0.15) is 0 Å². The Bertz CT molecular complexity index is 540. The van der Waals surface area contributed by atoms with Gasteiger partial charge in [0, 0.05) is 11.8 Å². The van der Waals surface area contributed by atoms with Crippen molar-refractivity contribution in [2.75, 3.05) is 0 Å². The number of fused-ring (bicyclic) bond motifs is 1. The number of hydrogen-bond donors (Lipinski definition) is 1. The highest BCUT2D eigenvalue weighted by molar-refractivity contribution is 6.01. The SMILES string of the molecule is CCCCc1cc2cc(/C(C)=N\O)ccc2o1. The standard InChI is InChI=1S/C14H17NO2/c1-3-4-5-13-9-12-8-11(10(2)15-16)6-7-14(12)17-13/h6-9,16H,3-5H2,1-2H3/b15-10-. The quantitative estimate of drug-likeness (QED) is 0.491. The van der Waals surface area contributed by atoms with E-state index in [-0.39, 0.29) is 0 Å². The maximum atomic E-state index is 8.75. The van der Waals surface area contributed by atoms with E-state index in [0.29, 0.717) is 5.71 Å². The number of benzene rings is 1. The van der Waals surface area contributed by atoms with Gasteiger partial charge in [0.25, 0.3) is 0 Å². The lowest BCUT2D eigenvalue weighted by atomic mass is 10.1. The van der Waals surface area contributed by atoms with E-state index in [4.69, 9.17) is 9.62 Å². The number of nitrogens with zero attached hydrogens (tertiary/aromatic N) is 1. The van der Waals surface area contributed by atoms with Crippen LogP contribution >= 0.6 is 0 Å². The Balaban J connectivity index is 2.34. The van der Waals surface area contributed by atoms with Crippen molar-refractivity contribution in [3.8, 4) is 0 Å². The molecule has 0 radical (unpaired) electrons. The van der Waals surface area contributed by atoms with Crippen LogP contribution in [0.1, 0.15) is 38.0 Å². The summed E-state index contributed by atoms with van der Waals surface area (Å²) in [6.07, 6.45) is 3.29. The lowest BCUT2D eigenvalue weighted by Crippen LogP contribution is -1.92. The van der Waals surface area contributed by atoms with Gasteiger partial charge >= 0.3 is 0 Å². The second-order valence-corrected chi connectivity index (χ2v) is 4.25. The van der Waals surface area contributed by atoms with Gasteiger partial charge in [-0.3, -0.25) is 0 Å². The van der Waals surface area contributed by atoms with E-state index in [1.807, 2.05) is 18.2 Å². The van der Waals surface area contributed by atoms with Crippen molar-refractivity contribution in [2.45, 2.75) is 33.1 Å². The Morgan fingerprint density at radius 3 is 2.88 bits per heavy atom. The Morgan fingerprint density at radius 1 is 1.35 bits per heavy atom. The zero-order valence-corrected chi connectivity index (χ0v) is 10.2. The zero-order chi connectivity index (χ0) is 12.3. The fourth-order valence-electron chi connectivity index (χ4n) is 1.86. The molecule has 1 aromatic carbocycles. The zero-order valence-electron chi connectivity index (χ0n) is 10.2. The van der Waals surface area contributed by atoms with Crippen molar-refractivity contribution in [3.05, 3.63) is 35.6 Å². The third-order valence-electron chi connectivity index (χ3n) is 2.91. The second-order valence-electron chi connectivity index (χ2n) is 4.25. The fourth-order valence-corrected chi connectivity index (χ4v) is 1.86. The van der Waals surface area contributed by atoms with E-state index in [2.05, 4.69) is 18.1 Å². The molecule has 0 amide bonds. The lowest BCUT2D eigenvalue weighted by molar-refractivity contribution is 0.319. The molecule has 3 nitrogen and oxygen atoms in total. The summed E-state index contributed by atoms with van der Waals surface area (Å²) in [5.41, 5.74) is 2.43. The van der Waals surface area contributed by atoms with E-state index in [0.717, 1.165) is 35.1 Å². The van der Waals surface area contributed by atoms with E-state index in [1.165, 1.54) is 6.42 Å². The molecule has 1 aromatic heterocycles. The van der Waals surface area contributed by atoms with Crippen molar-refractivity contribution in [1.29, 1.82) is 0 Å². The first-order valence-corrected chi connectivity index (χ1v) is 5.96. The number of oxime groups is 1. The predicted octanol–water partition coefficient (Wildman–Crippen LogP) is 3.97. The van der Waals surface area contributed by atoms with Crippen molar-refractivity contribution >= 4 is 16.7 Å². The molecule has 3 heteroatoms. The third-order valence-corrected chi connectivity index (χ3v) is 2.91. The highest BCUT2D eigenvalue weighted by Crippen LogP contribution is 2.22. The van der Waals surface area contributed by atoms with Crippen LogP contribution in [0.2, 0.25) is 0 Å². The lowest BCUT2D eigenvalue weighted by Gasteiger charge is -1.96. The number of unbranched alkanes of at least 4 members (excludes halogenated alkanes) is 1.